The predicted octanol–water partition coefficient (Wildman–Crippen LogP) is 6.76. The normalized spacial score (nSPS) is 20.7. The number of aromatic carboxylic acids is 1. The largest absolute Gasteiger partial charge is 0.486 e. The van der Waals surface area contributed by atoms with Crippen LogP contribution in [0.4, 0.5) is 0 Å². The molecule has 3 aromatic carbocycles. The van der Waals surface area contributed by atoms with E-state index in [1.54, 1.807) is 9.36 Å². The molecule has 7 rings (SSSR count). The number of carboxylic acid groups (broad SMARTS) is 1. The Morgan fingerprint density at radius 3 is 2.56 bits per heavy atom. The summed E-state index contributed by atoms with van der Waals surface area (Å²) in [7, 11) is 1.84. The highest BCUT2D eigenvalue weighted by atomic mass is 16.5. The maximum Gasteiger partial charge on any atom is 0.339 e. The smallest absolute Gasteiger partial charge is 0.339 e. The average Bonchev–Trinajstić information content (AvgIpc) is 3.50. The molecule has 2 aliphatic rings. The number of rotatable bonds is 8. The van der Waals surface area contributed by atoms with Crippen molar-refractivity contribution in [3.05, 3.63) is 113 Å². The summed E-state index contributed by atoms with van der Waals surface area (Å²) in [5, 5.41) is 22.9. The first-order valence-electron chi connectivity index (χ1n) is 15.6. The molecule has 3 heterocycles. The van der Waals surface area contributed by atoms with E-state index >= 15 is 0 Å². The summed E-state index contributed by atoms with van der Waals surface area (Å²) in [6.07, 6.45) is 5.17. The molecule has 9 nitrogen and oxygen atoms in total. The Kier molecular flexibility index (Phi) is 7.28. The van der Waals surface area contributed by atoms with E-state index in [2.05, 4.69) is 95.7 Å². The Labute approximate surface area is 263 Å². The minimum absolute atomic E-state index is 0.0146. The summed E-state index contributed by atoms with van der Waals surface area (Å²) >= 11 is 0. The predicted molar refractivity (Wildman–Crippen MR) is 172 cm³/mol. The number of aryl methyl sites for hydroxylation is 1. The third-order valence-corrected chi connectivity index (χ3v) is 8.99. The summed E-state index contributed by atoms with van der Waals surface area (Å²) in [6.45, 7) is 8.17. The van der Waals surface area contributed by atoms with Crippen molar-refractivity contribution in [3.63, 3.8) is 0 Å². The molecule has 5 aromatic rings. The fourth-order valence-electron chi connectivity index (χ4n) is 6.96. The number of nitrogens with zero attached hydrogens (tertiary/aromatic N) is 6. The van der Waals surface area contributed by atoms with Gasteiger partial charge in [0.05, 0.1) is 23.3 Å². The van der Waals surface area contributed by atoms with Gasteiger partial charge in [-0.3, -0.25) is 9.58 Å². The van der Waals surface area contributed by atoms with E-state index in [1.807, 2.05) is 31.4 Å². The van der Waals surface area contributed by atoms with Crippen molar-refractivity contribution < 1.29 is 14.6 Å². The minimum atomic E-state index is -0.972. The molecule has 2 aromatic heterocycles. The second-order valence-corrected chi connectivity index (χ2v) is 12.9. The molecule has 1 aliphatic heterocycles. The zero-order valence-electron chi connectivity index (χ0n) is 26.1. The lowest BCUT2D eigenvalue weighted by Gasteiger charge is -2.33. The first-order chi connectivity index (χ1) is 21.7. The Hall–Kier alpha value is -4.76. The summed E-state index contributed by atoms with van der Waals surface area (Å²) in [4.78, 5) is 14.7. The van der Waals surface area contributed by atoms with E-state index in [0.29, 0.717) is 5.69 Å². The van der Waals surface area contributed by atoms with Gasteiger partial charge in [0.15, 0.2) is 0 Å². The van der Waals surface area contributed by atoms with Gasteiger partial charge in [-0.15, -0.1) is 5.10 Å². The van der Waals surface area contributed by atoms with Crippen LogP contribution in [0.15, 0.2) is 85.2 Å². The molecule has 9 heteroatoms. The zero-order chi connectivity index (χ0) is 31.3. The van der Waals surface area contributed by atoms with Crippen molar-refractivity contribution >= 4 is 5.97 Å². The second kappa shape index (κ2) is 11.3. The maximum absolute atomic E-state index is 12.2. The summed E-state index contributed by atoms with van der Waals surface area (Å²) in [6, 6.07) is 25.5. The van der Waals surface area contributed by atoms with Crippen molar-refractivity contribution in [2.24, 2.45) is 7.05 Å². The van der Waals surface area contributed by atoms with Crippen molar-refractivity contribution in [2.45, 2.75) is 63.6 Å². The van der Waals surface area contributed by atoms with E-state index in [4.69, 9.17) is 4.74 Å². The molecule has 1 N–H and O–H groups in total. The van der Waals surface area contributed by atoms with E-state index in [1.165, 1.54) is 17.3 Å². The van der Waals surface area contributed by atoms with E-state index in [0.717, 1.165) is 54.2 Å². The number of carboxylic acids is 1. The molecule has 0 bridgehead atoms. The van der Waals surface area contributed by atoms with E-state index in [9.17, 15) is 9.90 Å². The van der Waals surface area contributed by atoms with Gasteiger partial charge in [-0.25, -0.2) is 9.48 Å². The van der Waals surface area contributed by atoms with Gasteiger partial charge in [0.25, 0.3) is 0 Å². The Bertz CT molecular complexity index is 1870. The Morgan fingerprint density at radius 2 is 1.80 bits per heavy atom. The summed E-state index contributed by atoms with van der Waals surface area (Å²) < 4.78 is 9.95. The SMILES string of the molecule is CC[C@@H]1c2ccccc2OC(C)(C)CN1Cc1cccc(-c2cccc(-n3ncc(C(=O)O)c3[C@@H]3C[C@H]3c3cn(C)nn3)c2)c1. The quantitative estimate of drug-likeness (QED) is 0.210. The fourth-order valence-corrected chi connectivity index (χ4v) is 6.96. The van der Waals surface area contributed by atoms with Gasteiger partial charge in [-0.05, 0) is 67.6 Å². The Balaban J connectivity index is 1.19. The summed E-state index contributed by atoms with van der Waals surface area (Å²) in [5.74, 6) is 0.141. The number of aromatic nitrogens is 5. The highest BCUT2D eigenvalue weighted by molar-refractivity contribution is 5.89. The highest BCUT2D eigenvalue weighted by Crippen LogP contribution is 2.55. The van der Waals surface area contributed by atoms with Crippen LogP contribution < -0.4 is 4.74 Å². The molecule has 45 heavy (non-hydrogen) atoms. The first kappa shape index (κ1) is 29.0. The lowest BCUT2D eigenvalue weighted by Crippen LogP contribution is -2.41. The molecule has 0 amide bonds. The van der Waals surface area contributed by atoms with Gasteiger partial charge < -0.3 is 9.84 Å². The molecular formula is C36H38N6O3. The number of fused-ring (bicyclic) bond motifs is 1. The van der Waals surface area contributed by atoms with E-state index < -0.39 is 5.97 Å². The highest BCUT2D eigenvalue weighted by Gasteiger charge is 2.46. The van der Waals surface area contributed by atoms with Crippen molar-refractivity contribution in [1.82, 2.24) is 29.7 Å². The van der Waals surface area contributed by atoms with Crippen molar-refractivity contribution in [3.8, 4) is 22.6 Å². The molecule has 3 atom stereocenters. The Morgan fingerprint density at radius 1 is 1.02 bits per heavy atom. The molecule has 1 aliphatic carbocycles. The third kappa shape index (κ3) is 5.64. The van der Waals surface area contributed by atoms with Crippen LogP contribution in [0.25, 0.3) is 16.8 Å². The topological polar surface area (TPSA) is 98.3 Å². The molecule has 1 saturated carbocycles. The third-order valence-electron chi connectivity index (χ3n) is 8.99. The monoisotopic (exact) mass is 602 g/mol. The van der Waals surface area contributed by atoms with Crippen molar-refractivity contribution in [2.75, 3.05) is 6.54 Å². The summed E-state index contributed by atoms with van der Waals surface area (Å²) in [5.41, 5.74) is 6.94. The molecule has 0 saturated heterocycles. The van der Waals surface area contributed by atoms with Crippen molar-refractivity contribution in [1.29, 1.82) is 0 Å². The van der Waals surface area contributed by atoms with Crippen LogP contribution in [0.3, 0.4) is 0 Å². The average molecular weight is 603 g/mol. The van der Waals surface area contributed by atoms with Crippen LogP contribution in [0, 0.1) is 0 Å². The van der Waals surface area contributed by atoms with Crippen LogP contribution in [0.2, 0.25) is 0 Å². The molecule has 0 spiro atoms. The molecule has 1 fully saturated rings. The second-order valence-electron chi connectivity index (χ2n) is 12.9. The van der Waals surface area contributed by atoms with Gasteiger partial charge in [0.2, 0.25) is 0 Å². The lowest BCUT2D eigenvalue weighted by atomic mass is 9.99. The minimum Gasteiger partial charge on any atom is -0.486 e. The van der Waals surface area contributed by atoms with Crippen LogP contribution in [0.1, 0.15) is 84.4 Å². The molecular weight excluding hydrogens is 564 g/mol. The van der Waals surface area contributed by atoms with Gasteiger partial charge in [0.1, 0.15) is 16.9 Å². The lowest BCUT2D eigenvalue weighted by molar-refractivity contribution is 0.0545. The maximum atomic E-state index is 12.2. The number of hydrogen-bond donors (Lipinski definition) is 1. The number of para-hydroxylation sites is 1. The van der Waals surface area contributed by atoms with Crippen LogP contribution >= 0.6 is 0 Å². The number of ether oxygens (including phenoxy) is 1. The molecule has 0 radical (unpaired) electrons. The fraction of sp³-hybridized carbons (Fsp3) is 0.333. The standard InChI is InChI=1S/C36H38N6O3/c1-5-32-27-14-6-7-15-33(27)45-36(2,3)22-41(32)20-23-10-8-11-24(16-23)25-12-9-13-26(17-25)42-34(30(19-37-42)35(43)44)29-18-28(29)31-21-40(4)39-38-31/h6-17,19,21,28-29,32H,5,18,20,22H2,1-4H3,(H,43,44)/t28-,29-,32-/m1/s1. The first-order valence-corrected chi connectivity index (χ1v) is 15.6. The van der Waals surface area contributed by atoms with Crippen LogP contribution in [-0.2, 0) is 13.6 Å². The van der Waals surface area contributed by atoms with Crippen LogP contribution in [-0.4, -0.2) is 52.9 Å². The van der Waals surface area contributed by atoms with Gasteiger partial charge in [-0.2, -0.15) is 5.10 Å². The van der Waals surface area contributed by atoms with Gasteiger partial charge in [0, 0.05) is 49.8 Å². The van der Waals surface area contributed by atoms with Gasteiger partial charge >= 0.3 is 5.97 Å². The zero-order valence-corrected chi connectivity index (χ0v) is 26.1. The van der Waals surface area contributed by atoms with Crippen LogP contribution in [0.5, 0.6) is 5.75 Å². The molecule has 230 valence electrons. The van der Waals surface area contributed by atoms with E-state index in [-0.39, 0.29) is 29.0 Å². The number of carbonyl (C=O) groups is 1. The van der Waals surface area contributed by atoms with Gasteiger partial charge in [-0.1, -0.05) is 60.7 Å². The number of benzene rings is 3. The molecule has 0 unspecified atom stereocenters. The number of hydrogen-bond acceptors (Lipinski definition) is 6.